The summed E-state index contributed by atoms with van der Waals surface area (Å²) >= 11 is 0. The van der Waals surface area contributed by atoms with Crippen LogP contribution in [0.3, 0.4) is 0 Å². The highest BCUT2D eigenvalue weighted by atomic mass is 19.1. The van der Waals surface area contributed by atoms with Crippen molar-refractivity contribution in [2.45, 2.75) is 103 Å². The molecule has 0 fully saturated rings. The van der Waals surface area contributed by atoms with Gasteiger partial charge in [-0.15, -0.1) is 0 Å². The van der Waals surface area contributed by atoms with E-state index in [4.69, 9.17) is 9.47 Å². The monoisotopic (exact) mass is 457 g/mol. The standard InChI is InChI=1S/C29H44FNO2/c1-3-5-7-9-10-12-14-22-32-27-18-16-25(17-19-27)29-21-20-28(23-31-29)33-24-26(30)15-13-11-8-6-4-2/h16-21,23,26H,3-15,22,24H2,1-2H3. The van der Waals surface area contributed by atoms with E-state index in [1.54, 1.807) is 6.20 Å². The van der Waals surface area contributed by atoms with Crippen molar-refractivity contribution in [3.63, 3.8) is 0 Å². The van der Waals surface area contributed by atoms with E-state index in [1.807, 2.05) is 36.4 Å². The molecule has 1 aromatic carbocycles. The Bertz CT molecular complexity index is 717. The second-order valence-electron chi connectivity index (χ2n) is 8.98. The summed E-state index contributed by atoms with van der Waals surface area (Å²) in [6.45, 7) is 5.30. The second kappa shape index (κ2) is 17.4. The molecule has 0 spiro atoms. The van der Waals surface area contributed by atoms with E-state index < -0.39 is 6.17 Å². The van der Waals surface area contributed by atoms with E-state index >= 15 is 0 Å². The van der Waals surface area contributed by atoms with Gasteiger partial charge in [0.1, 0.15) is 24.3 Å². The number of hydrogen-bond acceptors (Lipinski definition) is 3. The zero-order chi connectivity index (χ0) is 23.6. The second-order valence-corrected chi connectivity index (χ2v) is 8.98. The minimum Gasteiger partial charge on any atom is -0.494 e. The average molecular weight is 458 g/mol. The summed E-state index contributed by atoms with van der Waals surface area (Å²) in [4.78, 5) is 4.48. The van der Waals surface area contributed by atoms with Gasteiger partial charge in [0.05, 0.1) is 18.5 Å². The van der Waals surface area contributed by atoms with Crippen molar-refractivity contribution in [3.8, 4) is 22.8 Å². The maximum atomic E-state index is 14.0. The van der Waals surface area contributed by atoms with Crippen LogP contribution in [0.5, 0.6) is 11.5 Å². The molecule has 0 N–H and O–H groups in total. The lowest BCUT2D eigenvalue weighted by Gasteiger charge is -2.11. The number of unbranched alkanes of at least 4 members (excludes halogenated alkanes) is 10. The third-order valence-corrected chi connectivity index (χ3v) is 5.95. The Kier molecular flexibility index (Phi) is 14.3. The molecule has 0 saturated heterocycles. The Labute approximate surface area is 201 Å². The van der Waals surface area contributed by atoms with Gasteiger partial charge in [0.15, 0.2) is 0 Å². The molecule has 2 aromatic rings. The lowest BCUT2D eigenvalue weighted by molar-refractivity contribution is 0.183. The van der Waals surface area contributed by atoms with Crippen LogP contribution in [0, 0.1) is 0 Å². The summed E-state index contributed by atoms with van der Waals surface area (Å²) in [6, 6.07) is 11.8. The molecule has 1 atom stereocenters. The fraction of sp³-hybridized carbons (Fsp3) is 0.621. The van der Waals surface area contributed by atoms with Crippen molar-refractivity contribution in [1.29, 1.82) is 0 Å². The molecule has 2 rings (SSSR count). The largest absolute Gasteiger partial charge is 0.494 e. The highest BCUT2D eigenvalue weighted by Crippen LogP contribution is 2.23. The van der Waals surface area contributed by atoms with Crippen molar-refractivity contribution < 1.29 is 13.9 Å². The van der Waals surface area contributed by atoms with Gasteiger partial charge in [-0.3, -0.25) is 4.98 Å². The number of aromatic nitrogens is 1. The maximum absolute atomic E-state index is 14.0. The van der Waals surface area contributed by atoms with Gasteiger partial charge in [-0.05, 0) is 49.2 Å². The summed E-state index contributed by atoms with van der Waals surface area (Å²) in [5.41, 5.74) is 1.90. The molecule has 1 aromatic heterocycles. The number of pyridine rings is 1. The van der Waals surface area contributed by atoms with Crippen LogP contribution in [0.4, 0.5) is 4.39 Å². The van der Waals surface area contributed by atoms with Crippen LogP contribution in [0.25, 0.3) is 11.3 Å². The topological polar surface area (TPSA) is 31.4 Å². The van der Waals surface area contributed by atoms with Crippen LogP contribution in [-0.2, 0) is 0 Å². The fourth-order valence-corrected chi connectivity index (χ4v) is 3.85. The first kappa shape index (κ1) is 27.1. The van der Waals surface area contributed by atoms with E-state index in [1.165, 1.54) is 57.8 Å². The Balaban J connectivity index is 1.65. The third kappa shape index (κ3) is 12.1. The van der Waals surface area contributed by atoms with E-state index in [9.17, 15) is 4.39 Å². The number of alkyl halides is 1. The predicted octanol–water partition coefficient (Wildman–Crippen LogP) is 8.96. The Morgan fingerprint density at radius 1 is 0.697 bits per heavy atom. The summed E-state index contributed by atoms with van der Waals surface area (Å²) in [5.74, 6) is 1.51. The van der Waals surface area contributed by atoms with Gasteiger partial charge in [-0.2, -0.15) is 0 Å². The van der Waals surface area contributed by atoms with Crippen molar-refractivity contribution in [3.05, 3.63) is 42.6 Å². The molecule has 33 heavy (non-hydrogen) atoms. The smallest absolute Gasteiger partial charge is 0.137 e. The van der Waals surface area contributed by atoms with E-state index in [0.29, 0.717) is 12.2 Å². The van der Waals surface area contributed by atoms with Crippen molar-refractivity contribution in [2.24, 2.45) is 0 Å². The first-order chi connectivity index (χ1) is 16.2. The lowest BCUT2D eigenvalue weighted by atomic mass is 10.1. The van der Waals surface area contributed by atoms with Gasteiger partial charge in [0.25, 0.3) is 0 Å². The van der Waals surface area contributed by atoms with Gasteiger partial charge >= 0.3 is 0 Å². The number of benzene rings is 1. The Morgan fingerprint density at radius 3 is 1.94 bits per heavy atom. The first-order valence-electron chi connectivity index (χ1n) is 13.2. The summed E-state index contributed by atoms with van der Waals surface area (Å²) in [7, 11) is 0. The molecule has 0 bridgehead atoms. The van der Waals surface area contributed by atoms with E-state index in [-0.39, 0.29) is 6.61 Å². The van der Waals surface area contributed by atoms with Crippen LogP contribution in [0.2, 0.25) is 0 Å². The third-order valence-electron chi connectivity index (χ3n) is 5.95. The van der Waals surface area contributed by atoms with Gasteiger partial charge in [0, 0.05) is 5.56 Å². The minimum atomic E-state index is -0.917. The molecule has 0 saturated carbocycles. The van der Waals surface area contributed by atoms with E-state index in [2.05, 4.69) is 18.8 Å². The van der Waals surface area contributed by atoms with Crippen LogP contribution < -0.4 is 9.47 Å². The number of halogens is 1. The van der Waals surface area contributed by atoms with Crippen LogP contribution >= 0.6 is 0 Å². The quantitative estimate of drug-likeness (QED) is 0.197. The Morgan fingerprint density at radius 2 is 1.30 bits per heavy atom. The molecule has 0 radical (unpaired) electrons. The molecule has 0 aliphatic carbocycles. The molecule has 0 aliphatic heterocycles. The number of hydrogen-bond donors (Lipinski definition) is 0. The minimum absolute atomic E-state index is 0.0968. The highest BCUT2D eigenvalue weighted by molar-refractivity contribution is 5.60. The molecule has 0 aliphatic rings. The Hall–Kier alpha value is -2.10. The van der Waals surface area contributed by atoms with Crippen LogP contribution in [0.15, 0.2) is 42.6 Å². The molecular formula is C29H44FNO2. The fourth-order valence-electron chi connectivity index (χ4n) is 3.85. The lowest BCUT2D eigenvalue weighted by Crippen LogP contribution is -2.12. The molecule has 184 valence electrons. The normalized spacial score (nSPS) is 12.0. The number of rotatable bonds is 19. The van der Waals surface area contributed by atoms with Crippen molar-refractivity contribution in [2.75, 3.05) is 13.2 Å². The molecular weight excluding hydrogens is 413 g/mol. The predicted molar refractivity (Wildman–Crippen MR) is 137 cm³/mol. The maximum Gasteiger partial charge on any atom is 0.137 e. The van der Waals surface area contributed by atoms with Crippen molar-refractivity contribution >= 4 is 0 Å². The number of ether oxygens (including phenoxy) is 2. The summed E-state index contributed by atoms with van der Waals surface area (Å²) in [6.07, 6.45) is 16.0. The van der Waals surface area contributed by atoms with E-state index in [0.717, 1.165) is 42.9 Å². The van der Waals surface area contributed by atoms with Gasteiger partial charge < -0.3 is 9.47 Å². The average Bonchev–Trinajstić information content (AvgIpc) is 2.85. The van der Waals surface area contributed by atoms with Crippen LogP contribution in [0.1, 0.15) is 97.3 Å². The molecule has 1 heterocycles. The molecule has 0 amide bonds. The molecule has 3 nitrogen and oxygen atoms in total. The zero-order valence-electron chi connectivity index (χ0n) is 20.9. The summed E-state index contributed by atoms with van der Waals surface area (Å²) in [5, 5.41) is 0. The SMILES string of the molecule is CCCCCCCCCOc1ccc(-c2ccc(OCC(F)CCCCCCC)cn2)cc1. The zero-order valence-corrected chi connectivity index (χ0v) is 20.9. The molecule has 1 unspecified atom stereocenters. The first-order valence-corrected chi connectivity index (χ1v) is 13.2. The highest BCUT2D eigenvalue weighted by Gasteiger charge is 2.08. The van der Waals surface area contributed by atoms with Gasteiger partial charge in [-0.1, -0.05) is 84.5 Å². The number of nitrogens with zero attached hydrogens (tertiary/aromatic N) is 1. The van der Waals surface area contributed by atoms with Gasteiger partial charge in [0.2, 0.25) is 0 Å². The van der Waals surface area contributed by atoms with Crippen LogP contribution in [-0.4, -0.2) is 24.4 Å². The van der Waals surface area contributed by atoms with Gasteiger partial charge in [-0.25, -0.2) is 4.39 Å². The van der Waals surface area contributed by atoms with Crippen molar-refractivity contribution in [1.82, 2.24) is 4.98 Å². The summed E-state index contributed by atoms with van der Waals surface area (Å²) < 4.78 is 25.5. The molecule has 4 heteroatoms.